The molecule has 0 spiro atoms. The molecule has 0 saturated carbocycles. The Kier molecular flexibility index (Phi) is 5.80. The van der Waals surface area contributed by atoms with E-state index in [9.17, 15) is 0 Å². The van der Waals surface area contributed by atoms with E-state index in [-0.39, 0.29) is 0 Å². The second-order valence-electron chi connectivity index (χ2n) is 11.1. The van der Waals surface area contributed by atoms with Gasteiger partial charge in [0.15, 0.2) is 11.6 Å². The number of furan rings is 1. The molecule has 0 amide bonds. The maximum Gasteiger partial charge on any atom is 0.238 e. The lowest BCUT2D eigenvalue weighted by atomic mass is 10.0. The first-order valence-electron chi connectivity index (χ1n) is 14.7. The zero-order valence-corrected chi connectivity index (χ0v) is 24.6. The summed E-state index contributed by atoms with van der Waals surface area (Å²) in [6, 6.07) is 47.2. The molecule has 0 bridgehead atoms. The molecule has 0 aliphatic carbocycles. The van der Waals surface area contributed by atoms with Crippen molar-refractivity contribution in [1.29, 1.82) is 0 Å². The summed E-state index contributed by atoms with van der Waals surface area (Å²) in [5.74, 6) is 1.64. The van der Waals surface area contributed by atoms with Crippen molar-refractivity contribution in [2.24, 2.45) is 0 Å². The van der Waals surface area contributed by atoms with E-state index in [1.54, 1.807) is 0 Å². The van der Waals surface area contributed by atoms with E-state index in [1.807, 2.05) is 66.7 Å². The zero-order chi connectivity index (χ0) is 29.9. The smallest absolute Gasteiger partial charge is 0.238 e. The first kappa shape index (κ1) is 25.7. The fourth-order valence-corrected chi connectivity index (χ4v) is 6.40. The van der Waals surface area contributed by atoms with Crippen LogP contribution in [0.1, 0.15) is 0 Å². The second kappa shape index (κ2) is 10.2. The number of halogens is 1. The van der Waals surface area contributed by atoms with Crippen LogP contribution in [0.2, 0.25) is 5.02 Å². The molecule has 3 aromatic heterocycles. The number of para-hydroxylation sites is 2. The highest BCUT2D eigenvalue weighted by Gasteiger charge is 2.19. The summed E-state index contributed by atoms with van der Waals surface area (Å²) in [4.78, 5) is 15.2. The number of hydrogen-bond donors (Lipinski definition) is 0. The zero-order valence-electron chi connectivity index (χ0n) is 23.9. The van der Waals surface area contributed by atoms with Crippen molar-refractivity contribution in [1.82, 2.24) is 19.5 Å². The molecule has 5 nitrogen and oxygen atoms in total. The normalized spacial score (nSPS) is 11.7. The molecule has 9 rings (SSSR count). The van der Waals surface area contributed by atoms with Gasteiger partial charge in [-0.3, -0.25) is 4.57 Å². The molecule has 0 N–H and O–H groups in total. The maximum absolute atomic E-state index is 6.43. The summed E-state index contributed by atoms with van der Waals surface area (Å²) in [6.07, 6.45) is 0. The van der Waals surface area contributed by atoms with Crippen molar-refractivity contribution in [3.05, 3.63) is 145 Å². The van der Waals surface area contributed by atoms with Crippen LogP contribution in [0.5, 0.6) is 0 Å². The summed E-state index contributed by atoms with van der Waals surface area (Å²) in [5.41, 5.74) is 7.71. The van der Waals surface area contributed by atoms with Crippen molar-refractivity contribution in [2.75, 3.05) is 0 Å². The number of benzene rings is 6. The lowest BCUT2D eigenvalue weighted by Gasteiger charge is -2.11. The molecule has 0 atom stereocenters. The molecule has 3 heterocycles. The third-order valence-corrected chi connectivity index (χ3v) is 8.56. The summed E-state index contributed by atoms with van der Waals surface area (Å²) in [7, 11) is 0. The van der Waals surface area contributed by atoms with E-state index < -0.39 is 0 Å². The minimum Gasteiger partial charge on any atom is -0.456 e. The Morgan fingerprint density at radius 1 is 0.444 bits per heavy atom. The number of rotatable bonds is 4. The van der Waals surface area contributed by atoms with Crippen molar-refractivity contribution in [2.45, 2.75) is 0 Å². The molecule has 45 heavy (non-hydrogen) atoms. The van der Waals surface area contributed by atoms with Crippen LogP contribution in [0.15, 0.2) is 144 Å². The Morgan fingerprint density at radius 3 is 1.93 bits per heavy atom. The summed E-state index contributed by atoms with van der Waals surface area (Å²) in [6.45, 7) is 0. The molecular weight excluding hydrogens is 576 g/mol. The summed E-state index contributed by atoms with van der Waals surface area (Å²) >= 11 is 6.43. The molecule has 0 unspecified atom stereocenters. The Hall–Kier alpha value is -5.78. The Labute approximate surface area is 263 Å². The van der Waals surface area contributed by atoms with E-state index in [0.717, 1.165) is 60.4 Å². The molecule has 0 radical (unpaired) electrons. The van der Waals surface area contributed by atoms with E-state index >= 15 is 0 Å². The predicted octanol–water partition coefficient (Wildman–Crippen LogP) is 10.5. The first-order chi connectivity index (χ1) is 22.2. The van der Waals surface area contributed by atoms with Gasteiger partial charge in [0.05, 0.1) is 11.0 Å². The van der Waals surface area contributed by atoms with Gasteiger partial charge in [-0.2, -0.15) is 9.97 Å². The molecule has 0 fully saturated rings. The minimum absolute atomic E-state index is 0.533. The minimum atomic E-state index is 0.533. The van der Waals surface area contributed by atoms with Gasteiger partial charge in [-0.15, -0.1) is 0 Å². The van der Waals surface area contributed by atoms with E-state index in [4.69, 9.17) is 31.0 Å². The van der Waals surface area contributed by atoms with Gasteiger partial charge < -0.3 is 4.42 Å². The molecule has 6 aromatic carbocycles. The lowest BCUT2D eigenvalue weighted by molar-refractivity contribution is 0.669. The fourth-order valence-electron chi connectivity index (χ4n) is 6.21. The monoisotopic (exact) mass is 598 g/mol. The highest BCUT2D eigenvalue weighted by molar-refractivity contribution is 6.30. The Bertz CT molecular complexity index is 2570. The Balaban J connectivity index is 1.31. The number of aromatic nitrogens is 4. The SMILES string of the molecule is Clc1cccc(-c2nc(-c3ccc4oc5ccccc5c4c3)nc(-n3c4ccccc4c4cc(-c5ccccc5)ccc43)n2)c1. The van der Waals surface area contributed by atoms with Crippen LogP contribution < -0.4 is 0 Å². The third kappa shape index (κ3) is 4.28. The predicted molar refractivity (Wildman–Crippen MR) is 183 cm³/mol. The molecule has 212 valence electrons. The van der Waals surface area contributed by atoms with Crippen LogP contribution in [0.4, 0.5) is 0 Å². The quantitative estimate of drug-likeness (QED) is 0.202. The van der Waals surface area contributed by atoms with Gasteiger partial charge in [-0.25, -0.2) is 4.98 Å². The van der Waals surface area contributed by atoms with Gasteiger partial charge in [0, 0.05) is 37.7 Å². The third-order valence-electron chi connectivity index (χ3n) is 8.32. The van der Waals surface area contributed by atoms with Gasteiger partial charge >= 0.3 is 0 Å². The van der Waals surface area contributed by atoms with Crippen LogP contribution in [0.25, 0.3) is 83.6 Å². The van der Waals surface area contributed by atoms with Crippen molar-refractivity contribution >= 4 is 55.3 Å². The van der Waals surface area contributed by atoms with E-state index in [2.05, 4.69) is 77.4 Å². The first-order valence-corrected chi connectivity index (χ1v) is 15.1. The lowest BCUT2D eigenvalue weighted by Crippen LogP contribution is -2.06. The highest BCUT2D eigenvalue weighted by Crippen LogP contribution is 2.36. The van der Waals surface area contributed by atoms with Crippen LogP contribution in [-0.4, -0.2) is 19.5 Å². The van der Waals surface area contributed by atoms with Crippen LogP contribution in [-0.2, 0) is 0 Å². The summed E-state index contributed by atoms with van der Waals surface area (Å²) < 4.78 is 8.23. The van der Waals surface area contributed by atoms with Gasteiger partial charge in [0.25, 0.3) is 0 Å². The topological polar surface area (TPSA) is 56.7 Å². The van der Waals surface area contributed by atoms with Gasteiger partial charge in [0.2, 0.25) is 5.95 Å². The average molecular weight is 599 g/mol. The van der Waals surface area contributed by atoms with Crippen LogP contribution >= 0.6 is 11.6 Å². The fraction of sp³-hybridized carbons (Fsp3) is 0. The van der Waals surface area contributed by atoms with Crippen molar-refractivity contribution < 1.29 is 4.42 Å². The molecule has 0 aliphatic heterocycles. The highest BCUT2D eigenvalue weighted by atomic mass is 35.5. The molecule has 0 saturated heterocycles. The standard InChI is InChI=1S/C39H23ClN4O/c40-28-12-8-11-26(21-28)37-41-38(27-18-20-36-32(23-27)30-14-5-7-16-35(30)45-36)43-39(42-37)44-33-15-6-4-13-29(33)31-22-25(17-19-34(31)44)24-9-2-1-3-10-24/h1-23H. The van der Waals surface area contributed by atoms with Crippen LogP contribution in [0, 0.1) is 0 Å². The van der Waals surface area contributed by atoms with Crippen molar-refractivity contribution in [3.63, 3.8) is 0 Å². The van der Waals surface area contributed by atoms with Crippen LogP contribution in [0.3, 0.4) is 0 Å². The second-order valence-corrected chi connectivity index (χ2v) is 11.5. The van der Waals surface area contributed by atoms with Gasteiger partial charge in [-0.1, -0.05) is 96.5 Å². The molecular formula is C39H23ClN4O. The maximum atomic E-state index is 6.43. The molecule has 0 aliphatic rings. The number of fused-ring (bicyclic) bond motifs is 6. The van der Waals surface area contributed by atoms with Crippen molar-refractivity contribution in [3.8, 4) is 39.9 Å². The Morgan fingerprint density at radius 2 is 1.09 bits per heavy atom. The number of nitrogens with zero attached hydrogens (tertiary/aromatic N) is 4. The molecule has 6 heteroatoms. The average Bonchev–Trinajstić information content (AvgIpc) is 3.63. The van der Waals surface area contributed by atoms with Gasteiger partial charge in [-0.05, 0) is 65.7 Å². The van der Waals surface area contributed by atoms with E-state index in [0.29, 0.717) is 22.6 Å². The largest absolute Gasteiger partial charge is 0.456 e. The molecule has 9 aromatic rings. The van der Waals surface area contributed by atoms with E-state index in [1.165, 1.54) is 5.56 Å². The number of hydrogen-bond acceptors (Lipinski definition) is 4. The summed E-state index contributed by atoms with van der Waals surface area (Å²) in [5, 5.41) is 4.94. The van der Waals surface area contributed by atoms with Gasteiger partial charge in [0.1, 0.15) is 11.2 Å².